The number of likely N-dealkylation sites (tertiary alicyclic amines) is 1. The molecule has 3 aliphatic rings. The van der Waals surface area contributed by atoms with Gasteiger partial charge in [0, 0.05) is 33.2 Å². The minimum absolute atomic E-state index is 0.0235. The number of piperidine rings is 1. The molecule has 4 amide bonds. The zero-order valence-electron chi connectivity index (χ0n) is 22.4. The van der Waals surface area contributed by atoms with Crippen LogP contribution in [0.5, 0.6) is 0 Å². The second-order valence-electron chi connectivity index (χ2n) is 11.8. The standard InChI is InChI=1S/C25H38F2N4O7/c1-23(2,3)18(30-22(36)37)21(35)31-12-13-15(25(13)8-10-38-11-9-25)16(31)19(33)29-14(6-7-24(4,26)27)17(32)20(34)28-5/h13-16,18,30H,6-12H2,1-5H3,(H,28,34)(H,29,33)(H,36,37)/t13-,14?,15-,16-,18?/m0/s1. The zero-order valence-corrected chi connectivity index (χ0v) is 22.4. The van der Waals surface area contributed by atoms with Crippen LogP contribution in [0.3, 0.4) is 0 Å². The Balaban J connectivity index is 1.91. The van der Waals surface area contributed by atoms with Crippen molar-refractivity contribution in [1.82, 2.24) is 20.9 Å². The van der Waals surface area contributed by atoms with Crippen LogP contribution in [0.4, 0.5) is 13.6 Å². The fourth-order valence-corrected chi connectivity index (χ4v) is 6.09. The Morgan fingerprint density at radius 1 is 1.08 bits per heavy atom. The van der Waals surface area contributed by atoms with Gasteiger partial charge in [0.25, 0.3) is 5.91 Å². The summed E-state index contributed by atoms with van der Waals surface area (Å²) in [6.07, 6.45) is -1.22. The number of hydrogen-bond acceptors (Lipinski definition) is 6. The van der Waals surface area contributed by atoms with Crippen molar-refractivity contribution in [3.05, 3.63) is 0 Å². The summed E-state index contributed by atoms with van der Waals surface area (Å²) < 4.78 is 32.7. The molecule has 2 heterocycles. The van der Waals surface area contributed by atoms with Gasteiger partial charge in [-0.25, -0.2) is 13.6 Å². The first-order valence-corrected chi connectivity index (χ1v) is 12.9. The Bertz CT molecular complexity index is 972. The minimum atomic E-state index is -3.13. The molecule has 2 aliphatic heterocycles. The van der Waals surface area contributed by atoms with E-state index in [0.717, 1.165) is 0 Å². The van der Waals surface area contributed by atoms with Gasteiger partial charge >= 0.3 is 6.09 Å². The summed E-state index contributed by atoms with van der Waals surface area (Å²) in [4.78, 5) is 64.9. The van der Waals surface area contributed by atoms with Gasteiger partial charge in [-0.05, 0) is 48.9 Å². The third-order valence-electron chi connectivity index (χ3n) is 8.11. The van der Waals surface area contributed by atoms with E-state index in [1.165, 1.54) is 11.9 Å². The molecule has 3 fully saturated rings. The first-order valence-electron chi connectivity index (χ1n) is 12.9. The lowest BCUT2D eigenvalue weighted by Gasteiger charge is -2.39. The Morgan fingerprint density at radius 3 is 2.18 bits per heavy atom. The van der Waals surface area contributed by atoms with Crippen LogP contribution in [0.25, 0.3) is 0 Å². The highest BCUT2D eigenvalue weighted by Crippen LogP contribution is 2.70. The summed E-state index contributed by atoms with van der Waals surface area (Å²) in [6.45, 7) is 6.99. The third kappa shape index (κ3) is 6.08. The SMILES string of the molecule is CNC(=O)C(=O)C(CCC(C)(F)F)NC(=O)[C@@H]1[C@@H]2[C@H](CN1C(=O)C(NC(=O)O)C(C)(C)C)C21CCOCC1. The number of carboxylic acid groups (broad SMARTS) is 1. The van der Waals surface area contributed by atoms with Gasteiger partial charge in [0.1, 0.15) is 12.1 Å². The fourth-order valence-electron chi connectivity index (χ4n) is 6.09. The van der Waals surface area contributed by atoms with E-state index in [1.807, 2.05) is 0 Å². The van der Waals surface area contributed by atoms with Crippen molar-refractivity contribution in [2.75, 3.05) is 26.8 Å². The van der Waals surface area contributed by atoms with Crippen LogP contribution in [-0.2, 0) is 23.9 Å². The number of hydrogen-bond donors (Lipinski definition) is 4. The number of fused-ring (bicyclic) bond motifs is 3. The number of likely N-dealkylation sites (N-methyl/N-ethyl adjacent to an activating group) is 1. The molecule has 5 atom stereocenters. The smallest absolute Gasteiger partial charge is 0.405 e. The predicted molar refractivity (Wildman–Crippen MR) is 130 cm³/mol. The molecule has 1 spiro atoms. The van der Waals surface area contributed by atoms with Crippen LogP contribution >= 0.6 is 0 Å². The molecular weight excluding hydrogens is 506 g/mol. The second kappa shape index (κ2) is 10.7. The lowest BCUT2D eigenvalue weighted by Crippen LogP contribution is -2.60. The first kappa shape index (κ1) is 29.7. The van der Waals surface area contributed by atoms with Crippen molar-refractivity contribution >= 4 is 29.6 Å². The number of amides is 4. The Morgan fingerprint density at radius 2 is 1.68 bits per heavy atom. The van der Waals surface area contributed by atoms with Crippen LogP contribution in [-0.4, -0.2) is 90.5 Å². The van der Waals surface area contributed by atoms with Crippen molar-refractivity contribution in [2.24, 2.45) is 22.7 Å². The summed E-state index contributed by atoms with van der Waals surface area (Å²) in [5.74, 6) is -6.80. The molecule has 0 aromatic heterocycles. The second-order valence-corrected chi connectivity index (χ2v) is 11.8. The number of ketones is 1. The highest BCUT2D eigenvalue weighted by Gasteiger charge is 2.73. The number of halogens is 2. The van der Waals surface area contributed by atoms with Gasteiger partial charge in [0.15, 0.2) is 0 Å². The molecule has 2 unspecified atom stereocenters. The van der Waals surface area contributed by atoms with E-state index in [-0.39, 0.29) is 23.8 Å². The Hall–Kier alpha value is -2.83. The van der Waals surface area contributed by atoms with Crippen LogP contribution in [0, 0.1) is 22.7 Å². The maximum Gasteiger partial charge on any atom is 0.405 e. The number of alkyl halides is 2. The summed E-state index contributed by atoms with van der Waals surface area (Å²) in [7, 11) is 1.22. The van der Waals surface area contributed by atoms with Crippen molar-refractivity contribution in [1.29, 1.82) is 0 Å². The summed E-state index contributed by atoms with van der Waals surface area (Å²) in [5, 5.41) is 16.2. The summed E-state index contributed by atoms with van der Waals surface area (Å²) in [6, 6.07) is -3.71. The van der Waals surface area contributed by atoms with E-state index in [1.54, 1.807) is 20.8 Å². The minimum Gasteiger partial charge on any atom is -0.465 e. The van der Waals surface area contributed by atoms with E-state index in [4.69, 9.17) is 4.74 Å². The zero-order chi connectivity index (χ0) is 28.6. The first-order chi connectivity index (χ1) is 17.5. The van der Waals surface area contributed by atoms with Gasteiger partial charge in [-0.1, -0.05) is 20.8 Å². The predicted octanol–water partition coefficient (Wildman–Crippen LogP) is 1.16. The lowest BCUT2D eigenvalue weighted by molar-refractivity contribution is -0.146. The number of nitrogens with zero attached hydrogens (tertiary/aromatic N) is 1. The summed E-state index contributed by atoms with van der Waals surface area (Å²) >= 11 is 0. The molecule has 13 heteroatoms. The van der Waals surface area contributed by atoms with Crippen LogP contribution in [0.2, 0.25) is 0 Å². The van der Waals surface area contributed by atoms with Crippen LogP contribution in [0.15, 0.2) is 0 Å². The van der Waals surface area contributed by atoms with Crippen molar-refractivity contribution in [3.63, 3.8) is 0 Å². The van der Waals surface area contributed by atoms with Gasteiger partial charge in [0.2, 0.25) is 23.5 Å². The fraction of sp³-hybridized carbons (Fsp3) is 0.800. The molecule has 2 saturated heterocycles. The molecule has 11 nitrogen and oxygen atoms in total. The number of rotatable bonds is 9. The lowest BCUT2D eigenvalue weighted by atomic mass is 9.84. The molecular formula is C25H38F2N4O7. The quantitative estimate of drug-likeness (QED) is 0.318. The maximum absolute atomic E-state index is 13.7. The van der Waals surface area contributed by atoms with Crippen LogP contribution in [0.1, 0.15) is 53.4 Å². The monoisotopic (exact) mass is 544 g/mol. The number of carbonyl (C=O) groups is 5. The van der Waals surface area contributed by atoms with Gasteiger partial charge in [-0.2, -0.15) is 0 Å². The van der Waals surface area contributed by atoms with Crippen molar-refractivity contribution in [3.8, 4) is 0 Å². The third-order valence-corrected chi connectivity index (χ3v) is 8.11. The molecule has 0 aromatic rings. The average molecular weight is 545 g/mol. The van der Waals surface area contributed by atoms with Gasteiger partial charge in [0.05, 0.1) is 6.04 Å². The number of carbonyl (C=O) groups excluding carboxylic acids is 4. The molecule has 214 valence electrons. The highest BCUT2D eigenvalue weighted by molar-refractivity contribution is 6.38. The number of nitrogens with one attached hydrogen (secondary N) is 3. The molecule has 1 saturated carbocycles. The van der Waals surface area contributed by atoms with E-state index < -0.39 is 71.9 Å². The van der Waals surface area contributed by atoms with Crippen molar-refractivity contribution in [2.45, 2.75) is 77.4 Å². The topological polar surface area (TPSA) is 154 Å². The van der Waals surface area contributed by atoms with E-state index in [9.17, 15) is 37.9 Å². The highest BCUT2D eigenvalue weighted by atomic mass is 19.3. The maximum atomic E-state index is 13.7. The van der Waals surface area contributed by atoms with E-state index in [0.29, 0.717) is 33.0 Å². The molecule has 4 N–H and O–H groups in total. The summed E-state index contributed by atoms with van der Waals surface area (Å²) in [5.41, 5.74) is -1.05. The Labute approximate surface area is 220 Å². The van der Waals surface area contributed by atoms with E-state index in [2.05, 4.69) is 16.0 Å². The van der Waals surface area contributed by atoms with Crippen LogP contribution < -0.4 is 16.0 Å². The number of ether oxygens (including phenoxy) is 1. The molecule has 3 rings (SSSR count). The molecule has 0 radical (unpaired) electrons. The largest absolute Gasteiger partial charge is 0.465 e. The average Bonchev–Trinajstić information content (AvgIpc) is 3.19. The molecule has 1 aliphatic carbocycles. The van der Waals surface area contributed by atoms with E-state index >= 15 is 0 Å². The number of Topliss-reactive ketones (excluding diaryl/α,β-unsaturated/α-hetero) is 1. The van der Waals surface area contributed by atoms with Gasteiger partial charge < -0.3 is 30.7 Å². The molecule has 38 heavy (non-hydrogen) atoms. The van der Waals surface area contributed by atoms with Crippen molar-refractivity contribution < 1.29 is 42.6 Å². The molecule has 0 bridgehead atoms. The normalized spacial score (nSPS) is 25.7. The van der Waals surface area contributed by atoms with Gasteiger partial charge in [-0.15, -0.1) is 0 Å². The van der Waals surface area contributed by atoms with Gasteiger partial charge in [-0.3, -0.25) is 19.2 Å². The molecule has 0 aromatic carbocycles. The Kier molecular flexibility index (Phi) is 8.40.